The summed E-state index contributed by atoms with van der Waals surface area (Å²) in [6.07, 6.45) is 0. The lowest BCUT2D eigenvalue weighted by Crippen LogP contribution is -2.36. The summed E-state index contributed by atoms with van der Waals surface area (Å²) in [6, 6.07) is 5.45. The first-order chi connectivity index (χ1) is 8.69. The monoisotopic (exact) mass is 266 g/mol. The number of hydrazine groups is 1. The molecule has 0 spiro atoms. The van der Waals surface area contributed by atoms with Crippen molar-refractivity contribution in [3.05, 3.63) is 29.6 Å². The number of amides is 1. The number of pyridine rings is 1. The van der Waals surface area contributed by atoms with E-state index >= 15 is 0 Å². The Morgan fingerprint density at radius 2 is 2.50 bits per heavy atom. The maximum Gasteiger partial charge on any atom is 0.283 e. The minimum absolute atomic E-state index is 0.348. The minimum Gasteiger partial charge on any atom is -0.296 e. The summed E-state index contributed by atoms with van der Waals surface area (Å²) in [5.41, 5.74) is 3.38. The molecule has 1 saturated heterocycles. The smallest absolute Gasteiger partial charge is 0.283 e. The summed E-state index contributed by atoms with van der Waals surface area (Å²) in [5, 5.41) is 0.661. The van der Waals surface area contributed by atoms with Crippen molar-refractivity contribution in [2.24, 2.45) is 5.84 Å². The van der Waals surface area contributed by atoms with Gasteiger partial charge in [0.25, 0.3) is 5.91 Å². The molecule has 3 N–H and O–H groups in total. The van der Waals surface area contributed by atoms with Crippen molar-refractivity contribution < 1.29 is 4.79 Å². The molecule has 1 unspecified atom stereocenters. The molecule has 1 fully saturated rings. The van der Waals surface area contributed by atoms with Crippen molar-refractivity contribution in [1.29, 1.82) is 0 Å². The number of carbonyl (C=O) groups is 1. The van der Waals surface area contributed by atoms with Gasteiger partial charge in [0, 0.05) is 30.6 Å². The number of hydrogen-bond donors (Lipinski definition) is 2. The Morgan fingerprint density at radius 1 is 1.67 bits per heavy atom. The maximum atomic E-state index is 11.4. The number of nitrogens with one attached hydrogen (secondary N) is 1. The number of nitrogens with two attached hydrogens (primary N) is 1. The lowest BCUT2D eigenvalue weighted by molar-refractivity contribution is 0.0948. The molecule has 0 aromatic carbocycles. The van der Waals surface area contributed by atoms with Crippen LogP contribution in [-0.2, 0) is 6.54 Å². The van der Waals surface area contributed by atoms with Gasteiger partial charge in [-0.25, -0.2) is 10.8 Å². The quantitative estimate of drug-likeness (QED) is 0.477. The molecule has 1 aliphatic heterocycles. The van der Waals surface area contributed by atoms with Crippen molar-refractivity contribution in [1.82, 2.24) is 15.3 Å². The average molecular weight is 266 g/mol. The van der Waals surface area contributed by atoms with Gasteiger partial charge in [0.05, 0.1) is 5.69 Å². The van der Waals surface area contributed by atoms with E-state index in [1.165, 1.54) is 0 Å². The van der Waals surface area contributed by atoms with Crippen LogP contribution in [0.4, 0.5) is 0 Å². The third-order valence-corrected chi connectivity index (χ3v) is 4.02. The highest BCUT2D eigenvalue weighted by atomic mass is 32.2. The van der Waals surface area contributed by atoms with E-state index < -0.39 is 0 Å². The van der Waals surface area contributed by atoms with Crippen LogP contribution in [-0.4, -0.2) is 39.9 Å². The fourth-order valence-electron chi connectivity index (χ4n) is 2.03. The third-order valence-electron chi connectivity index (χ3n) is 2.88. The zero-order valence-electron chi connectivity index (χ0n) is 10.4. The number of aromatic nitrogens is 1. The summed E-state index contributed by atoms with van der Waals surface area (Å²) >= 11 is 2.00. The fraction of sp³-hybridized carbons (Fsp3) is 0.500. The Hall–Kier alpha value is -1.11. The van der Waals surface area contributed by atoms with E-state index in [0.29, 0.717) is 10.9 Å². The summed E-state index contributed by atoms with van der Waals surface area (Å²) in [5.74, 6) is 5.91. The first kappa shape index (κ1) is 13.3. The van der Waals surface area contributed by atoms with Crippen molar-refractivity contribution in [3.63, 3.8) is 0 Å². The van der Waals surface area contributed by atoms with Gasteiger partial charge < -0.3 is 0 Å². The molecule has 1 aliphatic rings. The molecule has 0 saturated carbocycles. The van der Waals surface area contributed by atoms with Gasteiger partial charge in [-0.3, -0.25) is 15.1 Å². The highest BCUT2D eigenvalue weighted by molar-refractivity contribution is 7.99. The van der Waals surface area contributed by atoms with E-state index in [1.807, 2.05) is 23.9 Å². The largest absolute Gasteiger partial charge is 0.296 e. The second kappa shape index (κ2) is 6.17. The van der Waals surface area contributed by atoms with E-state index in [9.17, 15) is 4.79 Å². The van der Waals surface area contributed by atoms with Gasteiger partial charge in [-0.2, -0.15) is 11.8 Å². The summed E-state index contributed by atoms with van der Waals surface area (Å²) in [7, 11) is 0. The maximum absolute atomic E-state index is 11.4. The molecule has 98 valence electrons. The van der Waals surface area contributed by atoms with Crippen molar-refractivity contribution in [2.75, 3.05) is 18.8 Å². The van der Waals surface area contributed by atoms with E-state index in [2.05, 4.69) is 22.2 Å². The van der Waals surface area contributed by atoms with Gasteiger partial charge in [0.15, 0.2) is 0 Å². The number of thioether (sulfide) groups is 1. The molecule has 0 bridgehead atoms. The lowest BCUT2D eigenvalue weighted by Gasteiger charge is -2.30. The number of nitrogen functional groups attached to an aromatic ring is 1. The van der Waals surface area contributed by atoms with Gasteiger partial charge in [0.2, 0.25) is 0 Å². The highest BCUT2D eigenvalue weighted by Crippen LogP contribution is 2.19. The van der Waals surface area contributed by atoms with Crippen LogP contribution in [0, 0.1) is 0 Å². The molecule has 0 radical (unpaired) electrons. The van der Waals surface area contributed by atoms with Gasteiger partial charge in [-0.1, -0.05) is 13.0 Å². The molecule has 6 heteroatoms. The van der Waals surface area contributed by atoms with E-state index in [4.69, 9.17) is 5.84 Å². The topological polar surface area (TPSA) is 71.2 Å². The van der Waals surface area contributed by atoms with Crippen LogP contribution < -0.4 is 11.3 Å². The van der Waals surface area contributed by atoms with E-state index in [1.54, 1.807) is 6.07 Å². The van der Waals surface area contributed by atoms with Crippen LogP contribution in [0.1, 0.15) is 23.1 Å². The van der Waals surface area contributed by atoms with Crippen LogP contribution >= 0.6 is 11.8 Å². The molecule has 1 amide bonds. The van der Waals surface area contributed by atoms with Crippen LogP contribution in [0.3, 0.4) is 0 Å². The molecule has 0 aliphatic carbocycles. The van der Waals surface area contributed by atoms with Gasteiger partial charge in [-0.15, -0.1) is 0 Å². The standard InChI is InChI=1S/C12H18N4OS/c1-9-7-16(5-6-18-9)8-10-3-2-4-11(14-10)12(17)15-13/h2-4,9H,5-8,13H2,1H3,(H,15,17). The Morgan fingerprint density at radius 3 is 3.22 bits per heavy atom. The van der Waals surface area contributed by atoms with Crippen molar-refractivity contribution in [3.8, 4) is 0 Å². The predicted octanol–water partition coefficient (Wildman–Crippen LogP) is 0.622. The Kier molecular flexibility index (Phi) is 4.57. The zero-order chi connectivity index (χ0) is 13.0. The second-order valence-corrected chi connectivity index (χ2v) is 5.95. The van der Waals surface area contributed by atoms with Crippen molar-refractivity contribution >= 4 is 17.7 Å². The van der Waals surface area contributed by atoms with E-state index in [-0.39, 0.29) is 5.91 Å². The van der Waals surface area contributed by atoms with Crippen LogP contribution in [0.5, 0.6) is 0 Å². The molecular weight excluding hydrogens is 248 g/mol. The number of nitrogens with zero attached hydrogens (tertiary/aromatic N) is 2. The Labute approximate surface area is 111 Å². The third kappa shape index (κ3) is 3.44. The van der Waals surface area contributed by atoms with Gasteiger partial charge >= 0.3 is 0 Å². The zero-order valence-corrected chi connectivity index (χ0v) is 11.2. The highest BCUT2D eigenvalue weighted by Gasteiger charge is 2.17. The summed E-state index contributed by atoms with van der Waals surface area (Å²) in [4.78, 5) is 18.1. The molecule has 5 nitrogen and oxygen atoms in total. The second-order valence-electron chi connectivity index (χ2n) is 4.40. The lowest BCUT2D eigenvalue weighted by atomic mass is 10.2. The van der Waals surface area contributed by atoms with Crippen LogP contribution in [0.25, 0.3) is 0 Å². The van der Waals surface area contributed by atoms with Crippen LogP contribution in [0.15, 0.2) is 18.2 Å². The molecule has 1 atom stereocenters. The molecule has 2 rings (SSSR count). The first-order valence-corrected chi connectivity index (χ1v) is 7.04. The average Bonchev–Trinajstić information content (AvgIpc) is 2.38. The number of rotatable bonds is 3. The Bertz CT molecular complexity index is 426. The molecule has 18 heavy (non-hydrogen) atoms. The molecule has 1 aromatic rings. The number of carbonyl (C=O) groups excluding carboxylic acids is 1. The molecular formula is C12H18N4OS. The fourth-order valence-corrected chi connectivity index (χ4v) is 3.11. The van der Waals surface area contributed by atoms with Gasteiger partial charge in [-0.05, 0) is 12.1 Å². The van der Waals surface area contributed by atoms with Crippen molar-refractivity contribution in [2.45, 2.75) is 18.7 Å². The molecule has 1 aromatic heterocycles. The summed E-state index contributed by atoms with van der Waals surface area (Å²) < 4.78 is 0. The van der Waals surface area contributed by atoms with Crippen LogP contribution in [0.2, 0.25) is 0 Å². The first-order valence-electron chi connectivity index (χ1n) is 6.00. The molecule has 2 heterocycles. The Balaban J connectivity index is 2.02. The predicted molar refractivity (Wildman–Crippen MR) is 73.1 cm³/mol. The minimum atomic E-state index is -0.348. The summed E-state index contributed by atoms with van der Waals surface area (Å²) in [6.45, 7) is 5.17. The van der Waals surface area contributed by atoms with E-state index in [0.717, 1.165) is 31.1 Å². The SMILES string of the molecule is CC1CN(Cc2cccc(C(=O)NN)n2)CCS1. The normalized spacial score (nSPS) is 20.7. The van der Waals surface area contributed by atoms with Gasteiger partial charge in [0.1, 0.15) is 5.69 Å². The number of hydrogen-bond acceptors (Lipinski definition) is 5.